The summed E-state index contributed by atoms with van der Waals surface area (Å²) in [4.78, 5) is 11.8. The van der Waals surface area contributed by atoms with Crippen LogP contribution in [-0.2, 0) is 0 Å². The van der Waals surface area contributed by atoms with Gasteiger partial charge in [-0.15, -0.1) is 11.3 Å². The van der Waals surface area contributed by atoms with E-state index >= 15 is 0 Å². The molecule has 94 valence electrons. The maximum absolute atomic E-state index is 11.0. The highest BCUT2D eigenvalue weighted by atomic mass is 79.9. The summed E-state index contributed by atoms with van der Waals surface area (Å²) in [6.07, 6.45) is 0. The van der Waals surface area contributed by atoms with Crippen molar-refractivity contribution in [2.45, 2.75) is 6.04 Å². The number of thiophene rings is 1. The number of carboxylic acid groups (broad SMARTS) is 1. The Morgan fingerprint density at radius 2 is 2.11 bits per heavy atom. The maximum Gasteiger partial charge on any atom is 0.339 e. The van der Waals surface area contributed by atoms with Crippen molar-refractivity contribution < 1.29 is 15.0 Å². The largest absolute Gasteiger partial charge is 0.507 e. The fourth-order valence-corrected chi connectivity index (χ4v) is 2.96. The Labute approximate surface area is 116 Å². The lowest BCUT2D eigenvalue weighted by Gasteiger charge is -2.15. The molecule has 0 aliphatic rings. The zero-order valence-corrected chi connectivity index (χ0v) is 11.5. The molecule has 0 aliphatic carbocycles. The fraction of sp³-hybridized carbons (Fsp3) is 0.0833. The average Bonchev–Trinajstić information content (AvgIpc) is 2.81. The van der Waals surface area contributed by atoms with Crippen molar-refractivity contribution >= 4 is 33.2 Å². The van der Waals surface area contributed by atoms with Gasteiger partial charge in [-0.25, -0.2) is 4.79 Å². The van der Waals surface area contributed by atoms with Crippen LogP contribution in [0.25, 0.3) is 0 Å². The molecule has 4 nitrogen and oxygen atoms in total. The number of rotatable bonds is 3. The first-order chi connectivity index (χ1) is 8.52. The normalized spacial score (nSPS) is 12.3. The quantitative estimate of drug-likeness (QED) is 0.809. The van der Waals surface area contributed by atoms with Gasteiger partial charge in [0.15, 0.2) is 0 Å². The van der Waals surface area contributed by atoms with E-state index in [2.05, 4.69) is 15.9 Å². The summed E-state index contributed by atoms with van der Waals surface area (Å²) in [7, 11) is 0. The molecule has 18 heavy (non-hydrogen) atoms. The van der Waals surface area contributed by atoms with Crippen LogP contribution in [0.5, 0.6) is 5.75 Å². The SMILES string of the molecule is N[C@@H](c1cccs1)c1c(Br)ccc(C(=O)O)c1O. The van der Waals surface area contributed by atoms with Gasteiger partial charge in [0.25, 0.3) is 0 Å². The summed E-state index contributed by atoms with van der Waals surface area (Å²) in [6.45, 7) is 0. The number of benzene rings is 1. The van der Waals surface area contributed by atoms with Gasteiger partial charge in [0.2, 0.25) is 0 Å². The Bertz CT molecular complexity index is 583. The Morgan fingerprint density at radius 1 is 1.39 bits per heavy atom. The first-order valence-corrected chi connectivity index (χ1v) is 6.73. The Balaban J connectivity index is 2.56. The third-order valence-corrected chi connectivity index (χ3v) is 4.20. The van der Waals surface area contributed by atoms with Gasteiger partial charge in [-0.05, 0) is 23.6 Å². The summed E-state index contributed by atoms with van der Waals surface area (Å²) < 4.78 is 0.589. The van der Waals surface area contributed by atoms with Crippen LogP contribution in [-0.4, -0.2) is 16.2 Å². The van der Waals surface area contributed by atoms with Gasteiger partial charge in [0, 0.05) is 14.9 Å². The molecule has 0 unspecified atom stereocenters. The van der Waals surface area contributed by atoms with E-state index in [1.165, 1.54) is 17.4 Å². The van der Waals surface area contributed by atoms with E-state index in [-0.39, 0.29) is 11.3 Å². The van der Waals surface area contributed by atoms with Gasteiger partial charge >= 0.3 is 5.97 Å². The second-order valence-corrected chi connectivity index (χ2v) is 5.49. The smallest absolute Gasteiger partial charge is 0.339 e. The van der Waals surface area contributed by atoms with Crippen molar-refractivity contribution in [2.75, 3.05) is 0 Å². The summed E-state index contributed by atoms with van der Waals surface area (Å²) in [6, 6.07) is 6.05. The summed E-state index contributed by atoms with van der Waals surface area (Å²) in [5, 5.41) is 20.9. The van der Waals surface area contributed by atoms with Crippen molar-refractivity contribution in [3.8, 4) is 5.75 Å². The standard InChI is InChI=1S/C12H10BrNO3S/c13-7-4-3-6(12(16)17)11(15)9(7)10(14)8-2-1-5-18-8/h1-5,10,15H,14H2,(H,16,17)/t10-/m0/s1. The van der Waals surface area contributed by atoms with E-state index in [4.69, 9.17) is 10.8 Å². The highest BCUT2D eigenvalue weighted by Gasteiger charge is 2.22. The van der Waals surface area contributed by atoms with Crippen molar-refractivity contribution in [1.29, 1.82) is 0 Å². The molecule has 4 N–H and O–H groups in total. The number of nitrogens with two attached hydrogens (primary N) is 1. The van der Waals surface area contributed by atoms with E-state index in [1.807, 2.05) is 17.5 Å². The van der Waals surface area contributed by atoms with E-state index < -0.39 is 12.0 Å². The minimum atomic E-state index is -1.18. The molecule has 1 aromatic carbocycles. The van der Waals surface area contributed by atoms with Crippen molar-refractivity contribution in [2.24, 2.45) is 5.73 Å². The second-order valence-electron chi connectivity index (χ2n) is 3.66. The number of hydrogen-bond acceptors (Lipinski definition) is 4. The number of halogens is 1. The predicted octanol–water partition coefficient (Wildman–Crippen LogP) is 2.96. The molecule has 2 rings (SSSR count). The Hall–Kier alpha value is -1.37. The van der Waals surface area contributed by atoms with Crippen molar-refractivity contribution in [1.82, 2.24) is 0 Å². The van der Waals surface area contributed by atoms with Gasteiger partial charge in [-0.3, -0.25) is 0 Å². The Morgan fingerprint density at radius 3 is 2.67 bits per heavy atom. The number of carboxylic acids is 1. The summed E-state index contributed by atoms with van der Waals surface area (Å²) >= 11 is 4.74. The molecule has 0 aliphatic heterocycles. The lowest BCUT2D eigenvalue weighted by Crippen LogP contribution is -2.12. The van der Waals surface area contributed by atoms with Gasteiger partial charge < -0.3 is 15.9 Å². The fourth-order valence-electron chi connectivity index (χ4n) is 1.66. The van der Waals surface area contributed by atoms with E-state index in [0.717, 1.165) is 4.88 Å². The summed E-state index contributed by atoms with van der Waals surface area (Å²) in [5.74, 6) is -1.47. The first kappa shape index (κ1) is 13.1. The Kier molecular flexibility index (Phi) is 3.70. The lowest BCUT2D eigenvalue weighted by molar-refractivity contribution is 0.0693. The van der Waals surface area contributed by atoms with E-state index in [1.54, 1.807) is 6.07 Å². The van der Waals surface area contributed by atoms with Gasteiger partial charge in [0.1, 0.15) is 11.3 Å². The molecule has 0 amide bonds. The van der Waals surface area contributed by atoms with Crippen molar-refractivity contribution in [3.63, 3.8) is 0 Å². The van der Waals surface area contributed by atoms with Crippen LogP contribution in [0.2, 0.25) is 0 Å². The highest BCUT2D eigenvalue weighted by Crippen LogP contribution is 2.37. The third-order valence-electron chi connectivity index (χ3n) is 2.55. The van der Waals surface area contributed by atoms with Gasteiger partial charge in [0.05, 0.1) is 6.04 Å². The molecule has 1 heterocycles. The number of carbonyl (C=O) groups is 1. The molecule has 0 fully saturated rings. The van der Waals surface area contributed by atoms with Gasteiger partial charge in [-0.2, -0.15) is 0 Å². The van der Waals surface area contributed by atoms with Crippen LogP contribution in [0.1, 0.15) is 26.8 Å². The number of aromatic carboxylic acids is 1. The molecule has 0 bridgehead atoms. The molecular formula is C12H10BrNO3S. The predicted molar refractivity (Wildman–Crippen MR) is 73.1 cm³/mol. The number of hydrogen-bond donors (Lipinski definition) is 3. The molecule has 1 aromatic heterocycles. The zero-order chi connectivity index (χ0) is 13.3. The number of aromatic hydroxyl groups is 1. The molecule has 0 spiro atoms. The van der Waals surface area contributed by atoms with Crippen molar-refractivity contribution in [3.05, 3.63) is 50.1 Å². The topological polar surface area (TPSA) is 83.6 Å². The molecule has 0 radical (unpaired) electrons. The minimum Gasteiger partial charge on any atom is -0.507 e. The van der Waals surface area contributed by atoms with E-state index in [0.29, 0.717) is 10.0 Å². The molecular weight excluding hydrogens is 318 g/mol. The average molecular weight is 328 g/mol. The zero-order valence-electron chi connectivity index (χ0n) is 9.13. The summed E-state index contributed by atoms with van der Waals surface area (Å²) in [5.41, 5.74) is 6.29. The van der Waals surface area contributed by atoms with Crippen LogP contribution in [0.3, 0.4) is 0 Å². The van der Waals surface area contributed by atoms with Crippen LogP contribution in [0, 0.1) is 0 Å². The van der Waals surface area contributed by atoms with Gasteiger partial charge in [-0.1, -0.05) is 22.0 Å². The minimum absolute atomic E-state index is 0.153. The van der Waals surface area contributed by atoms with Crippen LogP contribution < -0.4 is 5.73 Å². The highest BCUT2D eigenvalue weighted by molar-refractivity contribution is 9.10. The van der Waals surface area contributed by atoms with Crippen LogP contribution >= 0.6 is 27.3 Å². The molecule has 1 atom stereocenters. The molecule has 0 saturated carbocycles. The number of phenols is 1. The molecule has 0 saturated heterocycles. The first-order valence-electron chi connectivity index (χ1n) is 5.06. The molecule has 2 aromatic rings. The van der Waals surface area contributed by atoms with Crippen LogP contribution in [0.4, 0.5) is 0 Å². The monoisotopic (exact) mass is 327 g/mol. The van der Waals surface area contributed by atoms with Crippen LogP contribution in [0.15, 0.2) is 34.1 Å². The third kappa shape index (κ3) is 2.27. The molecule has 6 heteroatoms. The lowest BCUT2D eigenvalue weighted by atomic mass is 10.0. The second kappa shape index (κ2) is 5.09. The van der Waals surface area contributed by atoms with E-state index in [9.17, 15) is 9.90 Å². The maximum atomic E-state index is 11.0.